The lowest BCUT2D eigenvalue weighted by atomic mass is 9.93. The van der Waals surface area contributed by atoms with Crippen molar-refractivity contribution >= 4 is 5.91 Å². The van der Waals surface area contributed by atoms with Crippen LogP contribution in [-0.4, -0.2) is 34.9 Å². The minimum absolute atomic E-state index is 0.0221. The third kappa shape index (κ3) is 5.14. The number of hydrogen-bond acceptors (Lipinski definition) is 3. The number of carbonyl (C=O) groups is 1. The number of carbonyl (C=O) groups excluding carboxylic acids is 1. The van der Waals surface area contributed by atoms with Crippen LogP contribution in [0.25, 0.3) is 0 Å². The normalized spacial score (nSPS) is 11.5. The Bertz CT molecular complexity index is 170. The molecule has 0 spiro atoms. The number of hydrogen-bond donors (Lipinski definition) is 3. The molecule has 90 valence electrons. The summed E-state index contributed by atoms with van der Waals surface area (Å²) < 4.78 is 0. The van der Waals surface area contributed by atoms with E-state index in [2.05, 4.69) is 5.32 Å². The maximum Gasteiger partial charge on any atom is 0.220 e. The van der Waals surface area contributed by atoms with E-state index in [4.69, 9.17) is 5.11 Å². The number of nitrogens with one attached hydrogen (secondary N) is 1. The van der Waals surface area contributed by atoms with Gasteiger partial charge in [-0.15, -0.1) is 0 Å². The summed E-state index contributed by atoms with van der Waals surface area (Å²) in [5, 5.41) is 20.7. The molecule has 0 aliphatic rings. The maximum atomic E-state index is 11.5. The van der Waals surface area contributed by atoms with Gasteiger partial charge in [0.05, 0.1) is 12.1 Å². The van der Waals surface area contributed by atoms with Gasteiger partial charge >= 0.3 is 0 Å². The molecule has 0 heterocycles. The molecule has 0 aromatic heterocycles. The first-order chi connectivity index (χ1) is 7.14. The van der Waals surface area contributed by atoms with E-state index in [0.717, 1.165) is 12.8 Å². The zero-order chi connectivity index (χ0) is 11.7. The summed E-state index contributed by atoms with van der Waals surface area (Å²) in [5.41, 5.74) is -0.462. The number of rotatable bonds is 8. The quantitative estimate of drug-likeness (QED) is 0.527. The van der Waals surface area contributed by atoms with Crippen LogP contribution in [0.4, 0.5) is 0 Å². The molecule has 0 saturated carbocycles. The summed E-state index contributed by atoms with van der Waals surface area (Å²) in [6.45, 7) is 4.01. The molecule has 1 amide bonds. The summed E-state index contributed by atoms with van der Waals surface area (Å²) in [6.07, 6.45) is 3.22. The van der Waals surface area contributed by atoms with Crippen molar-refractivity contribution < 1.29 is 15.0 Å². The molecule has 4 nitrogen and oxygen atoms in total. The zero-order valence-corrected chi connectivity index (χ0v) is 9.75. The highest BCUT2D eigenvalue weighted by molar-refractivity contribution is 5.76. The maximum absolute atomic E-state index is 11.5. The second-order valence-corrected chi connectivity index (χ2v) is 3.87. The second kappa shape index (κ2) is 7.65. The lowest BCUT2D eigenvalue weighted by Crippen LogP contribution is -2.50. The molecule has 3 N–H and O–H groups in total. The molecule has 0 atom stereocenters. The molecule has 4 heteroatoms. The van der Waals surface area contributed by atoms with Gasteiger partial charge in [0.15, 0.2) is 0 Å². The average molecular weight is 217 g/mol. The monoisotopic (exact) mass is 217 g/mol. The van der Waals surface area contributed by atoms with Crippen LogP contribution in [0.3, 0.4) is 0 Å². The van der Waals surface area contributed by atoms with Crippen LogP contribution in [-0.2, 0) is 4.79 Å². The van der Waals surface area contributed by atoms with Gasteiger partial charge in [-0.25, -0.2) is 0 Å². The Labute approximate surface area is 91.7 Å². The van der Waals surface area contributed by atoms with E-state index >= 15 is 0 Å². The highest BCUT2D eigenvalue weighted by Crippen LogP contribution is 2.14. The first-order valence-corrected chi connectivity index (χ1v) is 5.67. The Hall–Kier alpha value is -0.610. The molecule has 0 bridgehead atoms. The van der Waals surface area contributed by atoms with Crippen LogP contribution < -0.4 is 5.32 Å². The van der Waals surface area contributed by atoms with Crippen LogP contribution >= 0.6 is 0 Å². The number of unbranched alkanes of at least 4 members (excludes halogenated alkanes) is 1. The largest absolute Gasteiger partial charge is 0.396 e. The van der Waals surface area contributed by atoms with Crippen molar-refractivity contribution in [1.29, 1.82) is 0 Å². The molecule has 15 heavy (non-hydrogen) atoms. The summed E-state index contributed by atoms with van der Waals surface area (Å²) in [4.78, 5) is 11.5. The van der Waals surface area contributed by atoms with E-state index < -0.39 is 5.54 Å². The Morgan fingerprint density at radius 1 is 1.20 bits per heavy atom. The Balaban J connectivity index is 4.00. The molecule has 0 fully saturated rings. The van der Waals surface area contributed by atoms with Crippen molar-refractivity contribution in [1.82, 2.24) is 5.32 Å². The van der Waals surface area contributed by atoms with E-state index in [9.17, 15) is 9.90 Å². The fraction of sp³-hybridized carbons (Fsp3) is 0.909. The lowest BCUT2D eigenvalue weighted by Gasteiger charge is -2.30. The summed E-state index contributed by atoms with van der Waals surface area (Å²) in [7, 11) is 0. The van der Waals surface area contributed by atoms with Gasteiger partial charge in [-0.3, -0.25) is 4.79 Å². The van der Waals surface area contributed by atoms with Crippen molar-refractivity contribution in [3.63, 3.8) is 0 Å². The second-order valence-electron chi connectivity index (χ2n) is 3.87. The molecule has 0 unspecified atom stereocenters. The Morgan fingerprint density at radius 2 is 1.80 bits per heavy atom. The number of aliphatic hydroxyl groups excluding tert-OH is 2. The SMILES string of the molecule is CCC(CC)(CO)NC(=O)CCCCO. The van der Waals surface area contributed by atoms with Crippen molar-refractivity contribution in [3.8, 4) is 0 Å². The molecule has 0 saturated heterocycles. The zero-order valence-electron chi connectivity index (χ0n) is 9.75. The lowest BCUT2D eigenvalue weighted by molar-refractivity contribution is -0.123. The molecule has 0 radical (unpaired) electrons. The minimum atomic E-state index is -0.462. The molecular weight excluding hydrogens is 194 g/mol. The van der Waals surface area contributed by atoms with Crippen LogP contribution in [0, 0.1) is 0 Å². The van der Waals surface area contributed by atoms with Crippen molar-refractivity contribution in [3.05, 3.63) is 0 Å². The van der Waals surface area contributed by atoms with Crippen molar-refractivity contribution in [2.45, 2.75) is 51.5 Å². The number of amides is 1. The van der Waals surface area contributed by atoms with Crippen molar-refractivity contribution in [2.24, 2.45) is 0 Å². The van der Waals surface area contributed by atoms with Gasteiger partial charge in [0, 0.05) is 13.0 Å². The standard InChI is InChI=1S/C11H23NO3/c1-3-11(4-2,9-14)12-10(15)7-5-6-8-13/h13-14H,3-9H2,1-2H3,(H,12,15). The van der Waals surface area contributed by atoms with Crippen LogP contribution in [0.1, 0.15) is 46.0 Å². The van der Waals surface area contributed by atoms with Crippen LogP contribution in [0.5, 0.6) is 0 Å². The van der Waals surface area contributed by atoms with Gasteiger partial charge in [0.1, 0.15) is 0 Å². The first kappa shape index (κ1) is 14.4. The predicted octanol–water partition coefficient (Wildman–Crippen LogP) is 0.816. The van der Waals surface area contributed by atoms with E-state index in [1.54, 1.807) is 0 Å². The third-order valence-corrected chi connectivity index (χ3v) is 2.87. The fourth-order valence-corrected chi connectivity index (χ4v) is 1.45. The Kier molecular flexibility index (Phi) is 7.34. The van der Waals surface area contributed by atoms with Gasteiger partial charge < -0.3 is 15.5 Å². The summed E-state index contributed by atoms with van der Waals surface area (Å²) >= 11 is 0. The van der Waals surface area contributed by atoms with Gasteiger partial charge in [-0.1, -0.05) is 13.8 Å². The third-order valence-electron chi connectivity index (χ3n) is 2.87. The van der Waals surface area contributed by atoms with Crippen LogP contribution in [0.15, 0.2) is 0 Å². The van der Waals surface area contributed by atoms with Crippen molar-refractivity contribution in [2.75, 3.05) is 13.2 Å². The van der Waals surface area contributed by atoms with E-state index in [1.807, 2.05) is 13.8 Å². The van der Waals surface area contributed by atoms with E-state index in [0.29, 0.717) is 19.3 Å². The molecule has 0 aromatic carbocycles. The number of aliphatic hydroxyl groups is 2. The molecule has 0 aliphatic carbocycles. The minimum Gasteiger partial charge on any atom is -0.396 e. The summed E-state index contributed by atoms with van der Waals surface area (Å²) in [5.74, 6) is -0.0406. The fourth-order valence-electron chi connectivity index (χ4n) is 1.45. The smallest absolute Gasteiger partial charge is 0.220 e. The topological polar surface area (TPSA) is 69.6 Å². The molecule has 0 aromatic rings. The average Bonchev–Trinajstić information content (AvgIpc) is 2.26. The van der Waals surface area contributed by atoms with E-state index in [1.165, 1.54) is 0 Å². The highest BCUT2D eigenvalue weighted by atomic mass is 16.3. The first-order valence-electron chi connectivity index (χ1n) is 5.67. The van der Waals surface area contributed by atoms with Gasteiger partial charge in [-0.05, 0) is 25.7 Å². The molecule has 0 aliphatic heterocycles. The molecular formula is C11H23NO3. The highest BCUT2D eigenvalue weighted by Gasteiger charge is 2.26. The van der Waals surface area contributed by atoms with Gasteiger partial charge in [0.2, 0.25) is 5.91 Å². The summed E-state index contributed by atoms with van der Waals surface area (Å²) in [6, 6.07) is 0. The van der Waals surface area contributed by atoms with E-state index in [-0.39, 0.29) is 19.1 Å². The molecule has 0 rings (SSSR count). The van der Waals surface area contributed by atoms with Crippen LogP contribution in [0.2, 0.25) is 0 Å². The predicted molar refractivity (Wildman–Crippen MR) is 59.5 cm³/mol. The Morgan fingerprint density at radius 3 is 2.20 bits per heavy atom. The van der Waals surface area contributed by atoms with Gasteiger partial charge in [0.25, 0.3) is 0 Å². The van der Waals surface area contributed by atoms with Gasteiger partial charge in [-0.2, -0.15) is 0 Å².